The molecule has 0 radical (unpaired) electrons. The van der Waals surface area contributed by atoms with E-state index < -0.39 is 24.5 Å². The van der Waals surface area contributed by atoms with E-state index in [1.54, 1.807) is 0 Å². The summed E-state index contributed by atoms with van der Waals surface area (Å²) in [6.07, 6.45) is -2.49. The number of aliphatic hydroxyl groups is 2. The number of nitrogens with zero attached hydrogens (tertiary/aromatic N) is 4. The number of aliphatic hydroxyl groups excluding tert-OH is 2. The van der Waals surface area contributed by atoms with Crippen molar-refractivity contribution in [2.45, 2.75) is 24.5 Å². The lowest BCUT2D eigenvalue weighted by atomic mass is 10.1. The van der Waals surface area contributed by atoms with Gasteiger partial charge in [0.25, 0.3) is 0 Å². The molecule has 2 aromatic rings. The van der Waals surface area contributed by atoms with Gasteiger partial charge in [-0.25, -0.2) is 14.6 Å². The molecule has 4 atom stereocenters. The molecule has 0 spiro atoms. The first kappa shape index (κ1) is 16.3. The Bertz CT molecular complexity index is 655. The van der Waals surface area contributed by atoms with Gasteiger partial charge in [-0.3, -0.25) is 0 Å². The third-order valence-electron chi connectivity index (χ3n) is 3.29. The lowest BCUT2D eigenvalue weighted by Gasteiger charge is -2.15. The van der Waals surface area contributed by atoms with E-state index in [1.807, 2.05) is 0 Å². The van der Waals surface area contributed by atoms with Gasteiger partial charge in [0.05, 0.1) is 5.39 Å². The molecule has 1 saturated heterocycles. The summed E-state index contributed by atoms with van der Waals surface area (Å²) in [5.74, 6) is 0.261. The average molecular weight is 382 g/mol. The van der Waals surface area contributed by atoms with Crippen molar-refractivity contribution >= 4 is 45.2 Å². The number of rotatable bonds is 2. The highest BCUT2D eigenvalue weighted by atomic mass is 79.9. The van der Waals surface area contributed by atoms with E-state index in [0.717, 1.165) is 0 Å². The highest BCUT2D eigenvalue weighted by molar-refractivity contribution is 9.10. The van der Waals surface area contributed by atoms with E-state index in [2.05, 4.69) is 31.0 Å². The van der Waals surface area contributed by atoms with Gasteiger partial charge in [0.2, 0.25) is 0 Å². The summed E-state index contributed by atoms with van der Waals surface area (Å²) in [5.41, 5.74) is 11.7. The van der Waals surface area contributed by atoms with E-state index in [0.29, 0.717) is 15.6 Å². The zero-order valence-corrected chi connectivity index (χ0v) is 13.0. The lowest BCUT2D eigenvalue weighted by molar-refractivity contribution is -0.0395. The summed E-state index contributed by atoms with van der Waals surface area (Å²) in [7, 11) is 0. The molecule has 116 valence electrons. The van der Waals surface area contributed by atoms with Crippen LogP contribution in [0.15, 0.2) is 10.9 Å². The highest BCUT2D eigenvalue weighted by Gasteiger charge is 2.44. The number of aromatic nitrogens is 4. The van der Waals surface area contributed by atoms with Crippen LogP contribution in [0.4, 0.5) is 5.82 Å². The second-order valence-corrected chi connectivity index (χ2v) is 5.23. The van der Waals surface area contributed by atoms with Gasteiger partial charge in [0.15, 0.2) is 11.9 Å². The first-order valence-corrected chi connectivity index (χ1v) is 6.69. The van der Waals surface area contributed by atoms with Crippen LogP contribution in [-0.2, 0) is 4.74 Å². The molecule has 3 heterocycles. The minimum absolute atomic E-state index is 0. The third kappa shape index (κ3) is 2.47. The van der Waals surface area contributed by atoms with Gasteiger partial charge in [0.1, 0.15) is 35.1 Å². The quantitative estimate of drug-likeness (QED) is 0.527. The molecular weight excluding hydrogens is 368 g/mol. The predicted molar refractivity (Wildman–Crippen MR) is 79.7 cm³/mol. The SMILES string of the molecule is Cl.NC[C@H]1O[C@@H](n2nc(Br)c3c(N)ncnc32)[C@H](O)[C@@H]1O. The van der Waals surface area contributed by atoms with Crippen molar-refractivity contribution in [1.82, 2.24) is 19.7 Å². The normalized spacial score (nSPS) is 28.8. The van der Waals surface area contributed by atoms with E-state index >= 15 is 0 Å². The van der Waals surface area contributed by atoms with Gasteiger partial charge in [-0.1, -0.05) is 0 Å². The Morgan fingerprint density at radius 2 is 2.05 bits per heavy atom. The minimum Gasteiger partial charge on any atom is -0.387 e. The second kappa shape index (κ2) is 5.99. The Morgan fingerprint density at radius 3 is 2.67 bits per heavy atom. The van der Waals surface area contributed by atoms with Crippen molar-refractivity contribution < 1.29 is 14.9 Å². The van der Waals surface area contributed by atoms with Crippen LogP contribution in [0, 0.1) is 0 Å². The van der Waals surface area contributed by atoms with Crippen molar-refractivity contribution in [3.05, 3.63) is 10.9 Å². The van der Waals surface area contributed by atoms with Crippen LogP contribution in [0.3, 0.4) is 0 Å². The Balaban J connectivity index is 0.00000161. The molecule has 0 aromatic carbocycles. The number of nitrogens with two attached hydrogens (primary N) is 2. The van der Waals surface area contributed by atoms with Crippen LogP contribution in [0.1, 0.15) is 6.23 Å². The number of anilines is 1. The lowest BCUT2D eigenvalue weighted by Crippen LogP contribution is -2.35. The first-order chi connectivity index (χ1) is 9.54. The molecule has 9 nitrogen and oxygen atoms in total. The van der Waals surface area contributed by atoms with Crippen molar-refractivity contribution in [3.8, 4) is 0 Å². The van der Waals surface area contributed by atoms with Crippen LogP contribution in [0.5, 0.6) is 0 Å². The molecule has 1 aliphatic rings. The van der Waals surface area contributed by atoms with E-state index in [1.165, 1.54) is 11.0 Å². The van der Waals surface area contributed by atoms with Crippen LogP contribution in [-0.4, -0.2) is 54.8 Å². The van der Waals surface area contributed by atoms with Crippen molar-refractivity contribution in [2.24, 2.45) is 5.73 Å². The van der Waals surface area contributed by atoms with Gasteiger partial charge in [-0.05, 0) is 15.9 Å². The summed E-state index contributed by atoms with van der Waals surface area (Å²) in [4.78, 5) is 7.98. The Morgan fingerprint density at radius 1 is 1.33 bits per heavy atom. The molecule has 1 aliphatic heterocycles. The Labute approximate surface area is 133 Å². The Kier molecular flexibility index (Phi) is 4.66. The van der Waals surface area contributed by atoms with Gasteiger partial charge in [0, 0.05) is 6.54 Å². The molecule has 1 fully saturated rings. The van der Waals surface area contributed by atoms with Crippen molar-refractivity contribution in [1.29, 1.82) is 0 Å². The summed E-state index contributed by atoms with van der Waals surface area (Å²) >= 11 is 3.27. The molecule has 0 aliphatic carbocycles. The van der Waals surface area contributed by atoms with Crippen LogP contribution in [0.2, 0.25) is 0 Å². The number of hydrogen-bond donors (Lipinski definition) is 4. The van der Waals surface area contributed by atoms with Crippen molar-refractivity contribution in [2.75, 3.05) is 12.3 Å². The van der Waals surface area contributed by atoms with Gasteiger partial charge < -0.3 is 26.4 Å². The van der Waals surface area contributed by atoms with Gasteiger partial charge >= 0.3 is 0 Å². The summed E-state index contributed by atoms with van der Waals surface area (Å²) in [5, 5.41) is 24.6. The molecule has 0 bridgehead atoms. The standard InChI is InChI=1S/C10H13BrN6O3.ClH/c11-7-4-8(13)14-2-15-9(4)17(16-7)10-6(19)5(18)3(1-12)20-10;/h2-3,5-6,10,18-19H,1,12H2,(H2,13,14,15);1H/t3-,5-,6-,10-;/m1./s1. The fourth-order valence-electron chi connectivity index (χ4n) is 2.26. The van der Waals surface area contributed by atoms with Gasteiger partial charge in [-0.2, -0.15) is 5.10 Å². The zero-order chi connectivity index (χ0) is 14.4. The number of hydrogen-bond acceptors (Lipinski definition) is 8. The molecule has 21 heavy (non-hydrogen) atoms. The maximum absolute atomic E-state index is 10.1. The highest BCUT2D eigenvalue weighted by Crippen LogP contribution is 2.34. The molecule has 0 amide bonds. The fourth-order valence-corrected chi connectivity index (χ4v) is 2.81. The van der Waals surface area contributed by atoms with Crippen LogP contribution < -0.4 is 11.5 Å². The van der Waals surface area contributed by atoms with E-state index in [9.17, 15) is 10.2 Å². The molecule has 0 saturated carbocycles. The predicted octanol–water partition coefficient (Wildman–Crippen LogP) is -0.829. The summed E-state index contributed by atoms with van der Waals surface area (Å²) < 4.78 is 7.34. The molecule has 3 rings (SSSR count). The van der Waals surface area contributed by atoms with E-state index in [-0.39, 0.29) is 24.8 Å². The molecule has 6 N–H and O–H groups in total. The first-order valence-electron chi connectivity index (χ1n) is 5.90. The summed E-state index contributed by atoms with van der Waals surface area (Å²) in [6.45, 7) is 0.0895. The third-order valence-corrected chi connectivity index (χ3v) is 3.84. The van der Waals surface area contributed by atoms with Crippen LogP contribution >= 0.6 is 28.3 Å². The number of halogens is 2. The number of ether oxygens (including phenoxy) is 1. The zero-order valence-electron chi connectivity index (χ0n) is 10.6. The monoisotopic (exact) mass is 380 g/mol. The van der Waals surface area contributed by atoms with E-state index in [4.69, 9.17) is 16.2 Å². The molecule has 2 aromatic heterocycles. The molecule has 0 unspecified atom stereocenters. The molecule has 11 heteroatoms. The van der Waals surface area contributed by atoms with Crippen molar-refractivity contribution in [3.63, 3.8) is 0 Å². The molecular formula is C10H14BrClN6O3. The fraction of sp³-hybridized carbons (Fsp3) is 0.500. The largest absolute Gasteiger partial charge is 0.387 e. The number of nitrogen functional groups attached to an aromatic ring is 1. The van der Waals surface area contributed by atoms with Gasteiger partial charge in [-0.15, -0.1) is 12.4 Å². The average Bonchev–Trinajstić information content (AvgIpc) is 2.90. The maximum Gasteiger partial charge on any atom is 0.181 e. The Hall–Kier alpha value is -1.04. The minimum atomic E-state index is -1.16. The smallest absolute Gasteiger partial charge is 0.181 e. The number of fused-ring (bicyclic) bond motifs is 1. The second-order valence-electron chi connectivity index (χ2n) is 4.47. The summed E-state index contributed by atoms with van der Waals surface area (Å²) in [6, 6.07) is 0. The maximum atomic E-state index is 10.1. The van der Waals surface area contributed by atoms with Crippen LogP contribution in [0.25, 0.3) is 11.0 Å². The topological polar surface area (TPSA) is 145 Å².